The highest BCUT2D eigenvalue weighted by Crippen LogP contribution is 2.15. The molecule has 3 N–H and O–H groups in total. The minimum absolute atomic E-state index is 0.0727. The van der Waals surface area contributed by atoms with Crippen LogP contribution in [0.1, 0.15) is 97.3 Å². The molecule has 0 rings (SSSR count). The van der Waals surface area contributed by atoms with Gasteiger partial charge in [0.15, 0.2) is 0 Å². The van der Waals surface area contributed by atoms with E-state index in [4.69, 9.17) is 5.11 Å². The topological polar surface area (TPSA) is 60.7 Å². The van der Waals surface area contributed by atoms with E-state index in [1.54, 1.807) is 6.92 Å². The Morgan fingerprint density at radius 1 is 0.682 bits per heavy atom. The molecule has 0 amide bonds. The molecular weight excluding hydrogens is 276 g/mol. The molecule has 0 aliphatic heterocycles. The molecule has 0 heterocycles. The predicted octanol–water partition coefficient (Wildman–Crippen LogP) is 4.43. The summed E-state index contributed by atoms with van der Waals surface area (Å²) in [4.78, 5) is 0. The average Bonchev–Trinajstić information content (AvgIpc) is 2.54. The molecule has 0 aliphatic rings. The van der Waals surface area contributed by atoms with Gasteiger partial charge in [-0.2, -0.15) is 0 Å². The summed E-state index contributed by atoms with van der Waals surface area (Å²) in [5.41, 5.74) is 0. The lowest BCUT2D eigenvalue weighted by Gasteiger charge is -2.22. The second-order valence-corrected chi connectivity index (χ2v) is 6.90. The minimum atomic E-state index is -0.794. The van der Waals surface area contributed by atoms with Gasteiger partial charge >= 0.3 is 0 Å². The standard InChI is InChI=1S/C19H40O3/c1-3-4-5-6-7-8-9-10-11-12-13-14-15-18(21)19(22)17(2)16-20/h17-22H,3-16H2,1-2H3/t17?,18-,19+/m1/s1. The van der Waals surface area contributed by atoms with Gasteiger partial charge in [-0.05, 0) is 6.42 Å². The molecule has 0 saturated carbocycles. The highest BCUT2D eigenvalue weighted by molar-refractivity contribution is 4.72. The maximum absolute atomic E-state index is 9.82. The van der Waals surface area contributed by atoms with E-state index >= 15 is 0 Å². The first-order valence-corrected chi connectivity index (χ1v) is 9.60. The van der Waals surface area contributed by atoms with E-state index < -0.39 is 12.2 Å². The Balaban J connectivity index is 3.26. The first kappa shape index (κ1) is 21.9. The summed E-state index contributed by atoms with van der Waals surface area (Å²) in [6, 6.07) is 0. The van der Waals surface area contributed by atoms with Crippen molar-refractivity contribution in [2.75, 3.05) is 6.61 Å². The van der Waals surface area contributed by atoms with Crippen molar-refractivity contribution in [3.63, 3.8) is 0 Å². The number of aliphatic hydroxyl groups is 3. The number of hydrogen-bond donors (Lipinski definition) is 3. The highest BCUT2D eigenvalue weighted by atomic mass is 16.3. The van der Waals surface area contributed by atoms with Crippen LogP contribution in [0.4, 0.5) is 0 Å². The van der Waals surface area contributed by atoms with Gasteiger partial charge in [0.2, 0.25) is 0 Å². The number of rotatable bonds is 16. The lowest BCUT2D eigenvalue weighted by atomic mass is 9.96. The number of hydrogen-bond acceptors (Lipinski definition) is 3. The van der Waals surface area contributed by atoms with Crippen molar-refractivity contribution in [3.05, 3.63) is 0 Å². The zero-order chi connectivity index (χ0) is 16.6. The second-order valence-electron chi connectivity index (χ2n) is 6.90. The van der Waals surface area contributed by atoms with Crippen LogP contribution in [0.5, 0.6) is 0 Å². The molecule has 0 bridgehead atoms. The fourth-order valence-electron chi connectivity index (χ4n) is 2.85. The third kappa shape index (κ3) is 12.4. The third-order valence-corrected chi connectivity index (χ3v) is 4.62. The molecule has 3 nitrogen and oxygen atoms in total. The predicted molar refractivity (Wildman–Crippen MR) is 94.0 cm³/mol. The van der Waals surface area contributed by atoms with E-state index in [0.717, 1.165) is 12.8 Å². The summed E-state index contributed by atoms with van der Waals surface area (Å²) >= 11 is 0. The van der Waals surface area contributed by atoms with Crippen LogP contribution in [0.3, 0.4) is 0 Å². The Hall–Kier alpha value is -0.120. The molecule has 1 unspecified atom stereocenters. The Kier molecular flexibility index (Phi) is 15.7. The quantitative estimate of drug-likeness (QED) is 0.369. The maximum atomic E-state index is 9.82. The van der Waals surface area contributed by atoms with Gasteiger partial charge in [0.25, 0.3) is 0 Å². The summed E-state index contributed by atoms with van der Waals surface area (Å²) in [5.74, 6) is -0.243. The summed E-state index contributed by atoms with van der Waals surface area (Å²) in [6.45, 7) is 3.94. The molecule has 0 spiro atoms. The Labute approximate surface area is 138 Å². The van der Waals surface area contributed by atoms with Crippen LogP contribution in [0.15, 0.2) is 0 Å². The lowest BCUT2D eigenvalue weighted by Crippen LogP contribution is -2.33. The summed E-state index contributed by atoms with van der Waals surface area (Å²) in [5, 5.41) is 28.5. The van der Waals surface area contributed by atoms with Gasteiger partial charge in [-0.1, -0.05) is 90.9 Å². The van der Waals surface area contributed by atoms with E-state index in [0.29, 0.717) is 6.42 Å². The normalized spacial score (nSPS) is 15.7. The fourth-order valence-corrected chi connectivity index (χ4v) is 2.85. The number of aliphatic hydroxyl groups excluding tert-OH is 3. The van der Waals surface area contributed by atoms with Crippen molar-refractivity contribution in [2.45, 2.75) is 110 Å². The Morgan fingerprint density at radius 2 is 1.09 bits per heavy atom. The summed E-state index contributed by atoms with van der Waals surface area (Å²) in [7, 11) is 0. The van der Waals surface area contributed by atoms with Crippen LogP contribution < -0.4 is 0 Å². The fraction of sp³-hybridized carbons (Fsp3) is 1.00. The van der Waals surface area contributed by atoms with Crippen molar-refractivity contribution in [2.24, 2.45) is 5.92 Å². The first-order chi connectivity index (χ1) is 10.6. The molecular formula is C19H40O3. The zero-order valence-corrected chi connectivity index (χ0v) is 15.0. The lowest BCUT2D eigenvalue weighted by molar-refractivity contribution is -0.0309. The molecule has 0 aromatic heterocycles. The molecule has 0 aromatic rings. The van der Waals surface area contributed by atoms with Gasteiger partial charge in [-0.15, -0.1) is 0 Å². The van der Waals surface area contributed by atoms with E-state index in [9.17, 15) is 10.2 Å². The van der Waals surface area contributed by atoms with Gasteiger partial charge in [0.05, 0.1) is 12.2 Å². The van der Waals surface area contributed by atoms with Crippen LogP contribution in [0, 0.1) is 5.92 Å². The molecule has 3 heteroatoms. The largest absolute Gasteiger partial charge is 0.396 e. The highest BCUT2D eigenvalue weighted by Gasteiger charge is 2.21. The summed E-state index contributed by atoms with van der Waals surface area (Å²) in [6.07, 6.45) is 14.8. The molecule has 3 atom stereocenters. The SMILES string of the molecule is CCCCCCCCCCCCCC[C@@H](O)[C@@H](O)C(C)CO. The Morgan fingerprint density at radius 3 is 1.50 bits per heavy atom. The first-order valence-electron chi connectivity index (χ1n) is 9.60. The van der Waals surface area contributed by atoms with Crippen LogP contribution >= 0.6 is 0 Å². The van der Waals surface area contributed by atoms with Crippen LogP contribution in [-0.4, -0.2) is 34.1 Å². The molecule has 134 valence electrons. The van der Waals surface area contributed by atoms with Crippen molar-refractivity contribution in [1.82, 2.24) is 0 Å². The molecule has 0 aromatic carbocycles. The zero-order valence-electron chi connectivity index (χ0n) is 15.0. The average molecular weight is 317 g/mol. The Bertz CT molecular complexity index is 221. The van der Waals surface area contributed by atoms with E-state index in [1.807, 2.05) is 0 Å². The molecule has 0 radical (unpaired) electrons. The molecule has 0 fully saturated rings. The van der Waals surface area contributed by atoms with Gasteiger partial charge in [0.1, 0.15) is 0 Å². The van der Waals surface area contributed by atoms with E-state index in [-0.39, 0.29) is 12.5 Å². The van der Waals surface area contributed by atoms with Crippen LogP contribution in [0.2, 0.25) is 0 Å². The second kappa shape index (κ2) is 15.8. The van der Waals surface area contributed by atoms with Crippen molar-refractivity contribution < 1.29 is 15.3 Å². The van der Waals surface area contributed by atoms with Crippen molar-refractivity contribution in [1.29, 1.82) is 0 Å². The van der Waals surface area contributed by atoms with Crippen molar-refractivity contribution >= 4 is 0 Å². The smallest absolute Gasteiger partial charge is 0.0846 e. The van der Waals surface area contributed by atoms with Gasteiger partial charge in [-0.25, -0.2) is 0 Å². The maximum Gasteiger partial charge on any atom is 0.0846 e. The van der Waals surface area contributed by atoms with Crippen LogP contribution in [-0.2, 0) is 0 Å². The van der Waals surface area contributed by atoms with Gasteiger partial charge in [0, 0.05) is 12.5 Å². The van der Waals surface area contributed by atoms with E-state index in [1.165, 1.54) is 64.2 Å². The van der Waals surface area contributed by atoms with Gasteiger partial charge < -0.3 is 15.3 Å². The van der Waals surface area contributed by atoms with Crippen molar-refractivity contribution in [3.8, 4) is 0 Å². The number of unbranched alkanes of at least 4 members (excludes halogenated alkanes) is 11. The van der Waals surface area contributed by atoms with Gasteiger partial charge in [-0.3, -0.25) is 0 Å². The molecule has 0 aliphatic carbocycles. The van der Waals surface area contributed by atoms with Crippen LogP contribution in [0.25, 0.3) is 0 Å². The minimum Gasteiger partial charge on any atom is -0.396 e. The molecule has 22 heavy (non-hydrogen) atoms. The summed E-state index contributed by atoms with van der Waals surface area (Å²) < 4.78 is 0. The van der Waals surface area contributed by atoms with E-state index in [2.05, 4.69) is 6.92 Å². The molecule has 0 saturated heterocycles. The monoisotopic (exact) mass is 316 g/mol. The third-order valence-electron chi connectivity index (χ3n) is 4.62.